The number of hydrogen-bond donors (Lipinski definition) is 13. The number of carbonyl (C=O) groups excluding carboxylic acids is 12. The number of carboxylic acid groups (broad SMARTS) is 1. The molecule has 9 unspecified atom stereocenters. The molecule has 1 aliphatic heterocycles. The second-order valence-electron chi connectivity index (χ2n) is 18.7. The van der Waals surface area contributed by atoms with Gasteiger partial charge in [0.25, 0.3) is 0 Å². The molecule has 2 aromatic rings. The molecule has 3 rings (SSSR count). The fourth-order valence-electron chi connectivity index (χ4n) is 8.15. The number of primary amides is 4. The van der Waals surface area contributed by atoms with E-state index in [-0.39, 0.29) is 45.1 Å². The SMILES string of the molecule is CCC(C)C(NC(=O)C(Cc1ccccc1)NC(=O)C(CCC(N)=O)NC(=O)CNC(=O)C(CC(N)=O)NC(=O)C(CCC(N)=O)NC(=O)C1CCCN1C(=O)C(CCC(N)=O)NC(=O)C(N)Cc1ccccc1)C(=O)O. The molecule has 420 valence electrons. The van der Waals surface area contributed by atoms with Gasteiger partial charge >= 0.3 is 5.97 Å². The van der Waals surface area contributed by atoms with E-state index >= 15 is 0 Å². The average molecular weight is 1080 g/mol. The smallest absolute Gasteiger partial charge is 0.326 e. The van der Waals surface area contributed by atoms with E-state index in [0.29, 0.717) is 12.0 Å². The number of likely N-dealkylation sites (tertiary alicyclic amines) is 1. The molecule has 0 aliphatic carbocycles. The summed E-state index contributed by atoms with van der Waals surface area (Å²) in [5.41, 5.74) is 28.9. The number of hydrogen-bond acceptors (Lipinski definition) is 14. The van der Waals surface area contributed by atoms with Crippen molar-refractivity contribution in [2.24, 2.45) is 34.6 Å². The lowest BCUT2D eigenvalue weighted by Crippen LogP contribution is -2.59. The zero-order valence-corrected chi connectivity index (χ0v) is 43.0. The summed E-state index contributed by atoms with van der Waals surface area (Å²) < 4.78 is 0. The van der Waals surface area contributed by atoms with Gasteiger partial charge in [0.15, 0.2) is 0 Å². The number of nitrogens with two attached hydrogens (primary N) is 5. The lowest BCUT2D eigenvalue weighted by Gasteiger charge is -2.30. The zero-order chi connectivity index (χ0) is 57.4. The number of amides is 12. The van der Waals surface area contributed by atoms with Crippen LogP contribution in [-0.4, -0.2) is 148 Å². The van der Waals surface area contributed by atoms with Crippen molar-refractivity contribution in [3.05, 3.63) is 71.8 Å². The maximum atomic E-state index is 14.0. The summed E-state index contributed by atoms with van der Waals surface area (Å²) in [5.74, 6) is -13.0. The van der Waals surface area contributed by atoms with Crippen molar-refractivity contribution in [2.75, 3.05) is 13.1 Å². The molecule has 0 spiro atoms. The molecule has 0 bridgehead atoms. The number of nitrogens with zero attached hydrogens (tertiary/aromatic N) is 1. The molecule has 0 radical (unpaired) electrons. The number of aliphatic carboxylic acids is 1. The van der Waals surface area contributed by atoms with Crippen LogP contribution in [0.1, 0.15) is 89.2 Å². The lowest BCUT2D eigenvalue weighted by atomic mass is 9.98. The molecule has 1 saturated heterocycles. The van der Waals surface area contributed by atoms with E-state index in [1.807, 2.05) is 0 Å². The van der Waals surface area contributed by atoms with E-state index in [0.717, 1.165) is 10.5 Å². The molecule has 27 nitrogen and oxygen atoms in total. The van der Waals surface area contributed by atoms with Gasteiger partial charge in [-0.3, -0.25) is 57.5 Å². The normalized spacial score (nSPS) is 16.0. The summed E-state index contributed by atoms with van der Waals surface area (Å²) in [6.45, 7) is 2.45. The van der Waals surface area contributed by atoms with Gasteiger partial charge in [0.05, 0.1) is 19.0 Å². The molecule has 77 heavy (non-hydrogen) atoms. The minimum atomic E-state index is -1.82. The van der Waals surface area contributed by atoms with Gasteiger partial charge in [-0.05, 0) is 55.6 Å². The summed E-state index contributed by atoms with van der Waals surface area (Å²) in [7, 11) is 0. The first-order valence-electron chi connectivity index (χ1n) is 25.0. The highest BCUT2D eigenvalue weighted by Crippen LogP contribution is 2.21. The van der Waals surface area contributed by atoms with E-state index < -0.39 is 170 Å². The van der Waals surface area contributed by atoms with Crippen LogP contribution in [0.25, 0.3) is 0 Å². The molecule has 1 heterocycles. The minimum absolute atomic E-state index is 0.0124. The Balaban J connectivity index is 1.77. The largest absolute Gasteiger partial charge is 0.480 e. The Hall–Kier alpha value is -8.49. The highest BCUT2D eigenvalue weighted by molar-refractivity contribution is 5.99. The van der Waals surface area contributed by atoms with Crippen LogP contribution in [0.3, 0.4) is 0 Å². The van der Waals surface area contributed by atoms with Crippen LogP contribution in [0.15, 0.2) is 60.7 Å². The van der Waals surface area contributed by atoms with Crippen LogP contribution >= 0.6 is 0 Å². The standard InChI is InChI=1S/C50H71N13O14/c1-3-27(2)42(50(76)77)62-47(73)34(24-29-13-8-5-9-14-29)60-45(71)31(16-19-37(52)64)57-41(68)26-56-44(70)35(25-40(55)67)61-46(72)32(17-20-38(53)65)58-48(74)36-15-10-22-63(36)49(75)33(18-21-39(54)66)59-43(69)30(51)23-28-11-6-4-7-12-28/h4-9,11-14,27,30-36,42H,3,10,15-26,51H2,1-2H3,(H2,52,64)(H2,53,65)(H2,54,66)(H2,55,67)(H,56,70)(H,57,68)(H,58,74)(H,59,69)(H,60,71)(H,61,72)(H,62,73)(H,76,77). The molecular formula is C50H71N13O14. The molecule has 0 saturated carbocycles. The maximum Gasteiger partial charge on any atom is 0.326 e. The predicted molar refractivity (Wildman–Crippen MR) is 274 cm³/mol. The van der Waals surface area contributed by atoms with Gasteiger partial charge < -0.3 is 75.9 Å². The van der Waals surface area contributed by atoms with Crippen molar-refractivity contribution in [2.45, 2.75) is 139 Å². The number of carboxylic acids is 1. The van der Waals surface area contributed by atoms with Gasteiger partial charge in [-0.15, -0.1) is 0 Å². The Kier molecular flexibility index (Phi) is 25.6. The average Bonchev–Trinajstić information content (AvgIpc) is 3.88. The van der Waals surface area contributed by atoms with Crippen LogP contribution in [-0.2, 0) is 75.2 Å². The number of carbonyl (C=O) groups is 13. The highest BCUT2D eigenvalue weighted by atomic mass is 16.4. The van der Waals surface area contributed by atoms with E-state index in [1.54, 1.807) is 74.5 Å². The Morgan fingerprint density at radius 1 is 0.584 bits per heavy atom. The number of nitrogens with one attached hydrogen (secondary N) is 7. The Morgan fingerprint density at radius 3 is 1.57 bits per heavy atom. The van der Waals surface area contributed by atoms with Crippen LogP contribution in [0.4, 0.5) is 0 Å². The first-order valence-corrected chi connectivity index (χ1v) is 25.0. The molecule has 1 aliphatic rings. The van der Waals surface area contributed by atoms with Crippen molar-refractivity contribution in [1.29, 1.82) is 0 Å². The second-order valence-corrected chi connectivity index (χ2v) is 18.7. The van der Waals surface area contributed by atoms with E-state index in [9.17, 15) is 67.4 Å². The first-order chi connectivity index (χ1) is 36.4. The number of benzene rings is 2. The van der Waals surface area contributed by atoms with Gasteiger partial charge in [-0.2, -0.15) is 0 Å². The summed E-state index contributed by atoms with van der Waals surface area (Å²) in [6, 6.07) is 5.77. The maximum absolute atomic E-state index is 14.0. The molecule has 0 aromatic heterocycles. The molecule has 9 atom stereocenters. The van der Waals surface area contributed by atoms with E-state index in [4.69, 9.17) is 28.7 Å². The summed E-state index contributed by atoms with van der Waals surface area (Å²) in [6.07, 6.45) is -2.44. The molecule has 2 aromatic carbocycles. The third kappa shape index (κ3) is 21.7. The van der Waals surface area contributed by atoms with Gasteiger partial charge in [-0.25, -0.2) is 4.79 Å². The van der Waals surface area contributed by atoms with E-state index in [1.165, 1.54) is 0 Å². The monoisotopic (exact) mass is 1080 g/mol. The van der Waals surface area contributed by atoms with Gasteiger partial charge in [0.2, 0.25) is 70.9 Å². The summed E-state index contributed by atoms with van der Waals surface area (Å²) in [4.78, 5) is 170. The molecule has 18 N–H and O–H groups in total. The molecule has 12 amide bonds. The second kappa shape index (κ2) is 31.4. The summed E-state index contributed by atoms with van der Waals surface area (Å²) >= 11 is 0. The van der Waals surface area contributed by atoms with Crippen LogP contribution in [0.5, 0.6) is 0 Å². The quantitative estimate of drug-likeness (QED) is 0.0321. The fourth-order valence-corrected chi connectivity index (χ4v) is 8.15. The van der Waals surface area contributed by atoms with Gasteiger partial charge in [0.1, 0.15) is 42.3 Å². The van der Waals surface area contributed by atoms with Crippen LogP contribution in [0.2, 0.25) is 0 Å². The Morgan fingerprint density at radius 2 is 1.06 bits per heavy atom. The lowest BCUT2D eigenvalue weighted by molar-refractivity contribution is -0.144. The van der Waals surface area contributed by atoms with Crippen molar-refractivity contribution in [3.63, 3.8) is 0 Å². The Labute approximate surface area is 444 Å². The van der Waals surface area contributed by atoms with Crippen molar-refractivity contribution < 1.29 is 67.4 Å². The van der Waals surface area contributed by atoms with Crippen molar-refractivity contribution in [1.82, 2.24) is 42.1 Å². The molecule has 27 heteroatoms. The fraction of sp³-hybridized carbons (Fsp3) is 0.500. The van der Waals surface area contributed by atoms with Crippen LogP contribution < -0.4 is 65.9 Å². The molecule has 1 fully saturated rings. The zero-order valence-electron chi connectivity index (χ0n) is 43.0. The van der Waals surface area contributed by atoms with Crippen LogP contribution in [0, 0.1) is 5.92 Å². The van der Waals surface area contributed by atoms with Gasteiger partial charge in [0, 0.05) is 32.2 Å². The van der Waals surface area contributed by atoms with E-state index in [2.05, 4.69) is 37.2 Å². The predicted octanol–water partition coefficient (Wildman–Crippen LogP) is -4.38. The highest BCUT2D eigenvalue weighted by Gasteiger charge is 2.40. The topological polar surface area (TPSA) is 460 Å². The first kappa shape index (κ1) is 62.8. The van der Waals surface area contributed by atoms with Crippen molar-refractivity contribution in [3.8, 4) is 0 Å². The molecular weight excluding hydrogens is 1010 g/mol. The Bertz CT molecular complexity index is 2450. The third-order valence-corrected chi connectivity index (χ3v) is 12.6. The third-order valence-electron chi connectivity index (χ3n) is 12.6. The van der Waals surface area contributed by atoms with Gasteiger partial charge in [-0.1, -0.05) is 80.9 Å². The minimum Gasteiger partial charge on any atom is -0.480 e. The summed E-state index contributed by atoms with van der Waals surface area (Å²) in [5, 5.41) is 26.6. The van der Waals surface area contributed by atoms with Crippen molar-refractivity contribution >= 4 is 76.9 Å². The number of rotatable bonds is 33.